The lowest BCUT2D eigenvalue weighted by molar-refractivity contribution is -0.138. The van der Waals surface area contributed by atoms with E-state index in [1.807, 2.05) is 13.1 Å². The lowest BCUT2D eigenvalue weighted by atomic mass is 10.2. The Morgan fingerprint density at radius 2 is 2.29 bits per heavy atom. The van der Waals surface area contributed by atoms with Crippen LogP contribution in [0.1, 0.15) is 12.0 Å². The molecular weight excluding hydrogens is 282 g/mol. The van der Waals surface area contributed by atoms with Gasteiger partial charge in [-0.25, -0.2) is 0 Å². The molecule has 0 heterocycles. The van der Waals surface area contributed by atoms with E-state index in [2.05, 4.69) is 39.9 Å². The van der Waals surface area contributed by atoms with Crippen LogP contribution in [0.4, 0.5) is 5.69 Å². The molecule has 0 amide bonds. The lowest BCUT2D eigenvalue weighted by Gasteiger charge is -2.21. The lowest BCUT2D eigenvalue weighted by Crippen LogP contribution is -2.22. The number of carbonyl (C=O) groups is 1. The first-order valence-corrected chi connectivity index (χ1v) is 6.48. The average Bonchev–Trinajstić information content (AvgIpc) is 3.01. The summed E-state index contributed by atoms with van der Waals surface area (Å²) in [6.07, 6.45) is 0.812. The molecule has 1 aromatic carbocycles. The number of carboxylic acid groups (broad SMARTS) is 1. The number of hydrogen-bond donors (Lipinski definition) is 1. The van der Waals surface area contributed by atoms with E-state index in [4.69, 9.17) is 5.11 Å². The van der Waals surface area contributed by atoms with Crippen molar-refractivity contribution in [3.63, 3.8) is 0 Å². The van der Waals surface area contributed by atoms with Gasteiger partial charge in [0.25, 0.3) is 0 Å². The molecule has 0 saturated heterocycles. The first kappa shape index (κ1) is 12.4. The van der Waals surface area contributed by atoms with Crippen LogP contribution in [0.2, 0.25) is 0 Å². The number of hydrogen-bond acceptors (Lipinski definition) is 2. The fourth-order valence-electron chi connectivity index (χ4n) is 2.20. The predicted octanol–water partition coefficient (Wildman–Crippen LogP) is 2.91. The average molecular weight is 298 g/mol. The van der Waals surface area contributed by atoms with Crippen LogP contribution in [-0.4, -0.2) is 24.7 Å². The summed E-state index contributed by atoms with van der Waals surface area (Å²) in [6, 6.07) is 6.16. The molecule has 0 aliphatic heterocycles. The molecule has 2 rings (SSSR count). The van der Waals surface area contributed by atoms with Gasteiger partial charge in [-0.15, -0.1) is 0 Å². The first-order valence-electron chi connectivity index (χ1n) is 5.69. The zero-order valence-corrected chi connectivity index (χ0v) is 11.6. The normalized spacial score (nSPS) is 22.3. The van der Waals surface area contributed by atoms with E-state index in [0.717, 1.165) is 23.1 Å². The minimum absolute atomic E-state index is 0.134. The summed E-state index contributed by atoms with van der Waals surface area (Å²) in [5.74, 6) is -0.491. The number of anilines is 1. The van der Waals surface area contributed by atoms with Crippen molar-refractivity contribution in [3.8, 4) is 0 Å². The maximum absolute atomic E-state index is 10.8. The van der Waals surface area contributed by atoms with Crippen molar-refractivity contribution in [2.24, 2.45) is 11.8 Å². The summed E-state index contributed by atoms with van der Waals surface area (Å²) in [7, 11) is 2.02. The molecule has 92 valence electrons. The topological polar surface area (TPSA) is 40.5 Å². The number of nitrogens with zero attached hydrogens (tertiary/aromatic N) is 1. The van der Waals surface area contributed by atoms with Gasteiger partial charge < -0.3 is 10.0 Å². The number of aryl methyl sites for hydroxylation is 1. The van der Waals surface area contributed by atoms with Crippen molar-refractivity contribution >= 4 is 27.6 Å². The summed E-state index contributed by atoms with van der Waals surface area (Å²) >= 11 is 3.46. The zero-order chi connectivity index (χ0) is 12.6. The number of carboxylic acids is 1. The van der Waals surface area contributed by atoms with Crippen LogP contribution in [0.25, 0.3) is 0 Å². The second-order valence-corrected chi connectivity index (χ2v) is 5.67. The van der Waals surface area contributed by atoms with Gasteiger partial charge in [0.05, 0.1) is 5.92 Å². The van der Waals surface area contributed by atoms with Crippen LogP contribution < -0.4 is 4.90 Å². The largest absolute Gasteiger partial charge is 0.481 e. The van der Waals surface area contributed by atoms with Crippen molar-refractivity contribution < 1.29 is 9.90 Å². The molecule has 2 unspecified atom stereocenters. The fraction of sp³-hybridized carbons (Fsp3) is 0.462. The van der Waals surface area contributed by atoms with Crippen molar-refractivity contribution in [1.82, 2.24) is 0 Å². The molecule has 4 heteroatoms. The van der Waals surface area contributed by atoms with E-state index in [9.17, 15) is 4.79 Å². The van der Waals surface area contributed by atoms with E-state index >= 15 is 0 Å². The van der Waals surface area contributed by atoms with E-state index in [0.29, 0.717) is 5.92 Å². The maximum Gasteiger partial charge on any atom is 0.306 e. The minimum Gasteiger partial charge on any atom is -0.481 e. The van der Waals surface area contributed by atoms with Gasteiger partial charge in [-0.1, -0.05) is 22.0 Å². The monoisotopic (exact) mass is 297 g/mol. The Morgan fingerprint density at radius 3 is 2.88 bits per heavy atom. The fourth-order valence-corrected chi connectivity index (χ4v) is 2.54. The van der Waals surface area contributed by atoms with Crippen LogP contribution in [0, 0.1) is 18.8 Å². The van der Waals surface area contributed by atoms with E-state index in [1.54, 1.807) is 0 Å². The molecular formula is C13H16BrNO2. The highest BCUT2D eigenvalue weighted by molar-refractivity contribution is 9.10. The molecule has 17 heavy (non-hydrogen) atoms. The minimum atomic E-state index is -0.658. The van der Waals surface area contributed by atoms with Crippen molar-refractivity contribution in [3.05, 3.63) is 28.2 Å². The van der Waals surface area contributed by atoms with Crippen LogP contribution in [0.3, 0.4) is 0 Å². The quantitative estimate of drug-likeness (QED) is 0.929. The van der Waals surface area contributed by atoms with Crippen LogP contribution in [0.15, 0.2) is 22.7 Å². The molecule has 2 atom stereocenters. The number of benzene rings is 1. The Kier molecular flexibility index (Phi) is 3.43. The second kappa shape index (κ2) is 4.69. The molecule has 1 N–H and O–H groups in total. The molecule has 1 aliphatic carbocycles. The van der Waals surface area contributed by atoms with Crippen molar-refractivity contribution in [1.29, 1.82) is 0 Å². The molecule has 1 saturated carbocycles. The van der Waals surface area contributed by atoms with E-state index in [1.165, 1.54) is 5.56 Å². The highest BCUT2D eigenvalue weighted by Gasteiger charge is 2.43. The first-order chi connectivity index (χ1) is 7.99. The number of halogens is 1. The molecule has 1 fully saturated rings. The second-order valence-electron chi connectivity index (χ2n) is 4.75. The molecule has 1 aromatic rings. The molecule has 0 bridgehead atoms. The standard InChI is InChI=1S/C13H16BrNO2/c1-8-3-4-10(14)6-12(8)15(2)7-9-5-11(9)13(16)17/h3-4,6,9,11H,5,7H2,1-2H3,(H,16,17). The van der Waals surface area contributed by atoms with Gasteiger partial charge in [-0.2, -0.15) is 0 Å². The Labute approximate surface area is 110 Å². The Morgan fingerprint density at radius 1 is 1.59 bits per heavy atom. The highest BCUT2D eigenvalue weighted by atomic mass is 79.9. The van der Waals surface area contributed by atoms with Gasteiger partial charge in [0.2, 0.25) is 0 Å². The van der Waals surface area contributed by atoms with Crippen LogP contribution in [0.5, 0.6) is 0 Å². The molecule has 0 radical (unpaired) electrons. The summed E-state index contributed by atoms with van der Waals surface area (Å²) < 4.78 is 1.05. The molecule has 0 spiro atoms. The smallest absolute Gasteiger partial charge is 0.306 e. The van der Waals surface area contributed by atoms with E-state index < -0.39 is 5.97 Å². The third-order valence-corrected chi connectivity index (χ3v) is 3.82. The van der Waals surface area contributed by atoms with Crippen LogP contribution >= 0.6 is 15.9 Å². The number of aliphatic carboxylic acids is 1. The highest BCUT2D eigenvalue weighted by Crippen LogP contribution is 2.40. The maximum atomic E-state index is 10.8. The predicted molar refractivity (Wildman–Crippen MR) is 71.4 cm³/mol. The van der Waals surface area contributed by atoms with Crippen molar-refractivity contribution in [2.45, 2.75) is 13.3 Å². The zero-order valence-electron chi connectivity index (χ0n) is 9.98. The summed E-state index contributed by atoms with van der Waals surface area (Å²) in [4.78, 5) is 12.9. The molecule has 1 aliphatic rings. The summed E-state index contributed by atoms with van der Waals surface area (Å²) in [5, 5.41) is 8.88. The van der Waals surface area contributed by atoms with Gasteiger partial charge in [-0.3, -0.25) is 4.79 Å². The van der Waals surface area contributed by atoms with Gasteiger partial charge in [0.1, 0.15) is 0 Å². The Bertz CT molecular complexity index is 447. The molecule has 0 aromatic heterocycles. The van der Waals surface area contributed by atoms with Gasteiger partial charge in [-0.05, 0) is 37.0 Å². The van der Waals surface area contributed by atoms with Gasteiger partial charge in [0.15, 0.2) is 0 Å². The van der Waals surface area contributed by atoms with Gasteiger partial charge >= 0.3 is 5.97 Å². The van der Waals surface area contributed by atoms with Crippen LogP contribution in [-0.2, 0) is 4.79 Å². The molecule has 3 nitrogen and oxygen atoms in total. The van der Waals surface area contributed by atoms with Crippen molar-refractivity contribution in [2.75, 3.05) is 18.5 Å². The van der Waals surface area contributed by atoms with E-state index in [-0.39, 0.29) is 5.92 Å². The Hall–Kier alpha value is -1.03. The number of rotatable bonds is 4. The third kappa shape index (κ3) is 2.80. The summed E-state index contributed by atoms with van der Waals surface area (Å²) in [5.41, 5.74) is 2.37. The third-order valence-electron chi connectivity index (χ3n) is 3.33. The van der Waals surface area contributed by atoms with Gasteiger partial charge in [0, 0.05) is 23.8 Å². The SMILES string of the molecule is Cc1ccc(Br)cc1N(C)CC1CC1C(=O)O. The summed E-state index contributed by atoms with van der Waals surface area (Å²) in [6.45, 7) is 2.88. The Balaban J connectivity index is 2.03.